The van der Waals surface area contributed by atoms with E-state index in [9.17, 15) is 9.18 Å². The summed E-state index contributed by atoms with van der Waals surface area (Å²) < 4.78 is 18.2. The summed E-state index contributed by atoms with van der Waals surface area (Å²) in [6.07, 6.45) is 0. The number of amides is 1. The molecular weight excluding hydrogens is 275 g/mol. The van der Waals surface area contributed by atoms with Gasteiger partial charge in [-0.2, -0.15) is 0 Å². The molecule has 0 saturated carbocycles. The first kappa shape index (κ1) is 17.1. The molecule has 0 spiro atoms. The number of halogens is 1. The molecule has 114 valence electrons. The van der Waals surface area contributed by atoms with Crippen LogP contribution in [0, 0.1) is 17.7 Å². The van der Waals surface area contributed by atoms with Crippen LogP contribution in [0.25, 0.3) is 0 Å². The molecule has 1 aromatic carbocycles. The maximum Gasteiger partial charge on any atom is 0.255 e. The molecule has 0 aromatic heterocycles. The number of methoxy groups -OCH3 is 1. The van der Waals surface area contributed by atoms with Crippen molar-refractivity contribution < 1.29 is 19.0 Å². The molecule has 0 atom stereocenters. The number of aliphatic hydroxyl groups is 1. The van der Waals surface area contributed by atoms with E-state index in [-0.39, 0.29) is 36.7 Å². The molecule has 0 aliphatic carbocycles. The Hall–Kier alpha value is -1.94. The maximum absolute atomic E-state index is 13.3. The second-order valence-electron chi connectivity index (χ2n) is 4.20. The van der Waals surface area contributed by atoms with Crippen LogP contribution in [-0.4, -0.2) is 55.9 Å². The quantitative estimate of drug-likeness (QED) is 0.736. The van der Waals surface area contributed by atoms with Crippen molar-refractivity contribution in [3.8, 4) is 11.8 Å². The molecular formula is C15H19FN2O3. The zero-order valence-corrected chi connectivity index (χ0v) is 11.9. The molecule has 1 aromatic rings. The number of nitrogens with zero attached hydrogens (tertiary/aromatic N) is 1. The number of hydrogen-bond acceptors (Lipinski definition) is 4. The topological polar surface area (TPSA) is 75.8 Å². The normalized spacial score (nSPS) is 9.90. The minimum Gasteiger partial charge on any atom is -0.395 e. The Morgan fingerprint density at radius 2 is 2.24 bits per heavy atom. The molecule has 5 nitrogen and oxygen atoms in total. The first-order valence-corrected chi connectivity index (χ1v) is 6.51. The highest BCUT2D eigenvalue weighted by Gasteiger charge is 2.18. The van der Waals surface area contributed by atoms with Crippen LogP contribution in [0.5, 0.6) is 0 Å². The molecule has 0 heterocycles. The van der Waals surface area contributed by atoms with Gasteiger partial charge in [0.15, 0.2) is 0 Å². The minimum atomic E-state index is -0.474. The van der Waals surface area contributed by atoms with Crippen LogP contribution >= 0.6 is 0 Å². The van der Waals surface area contributed by atoms with Crippen molar-refractivity contribution in [1.29, 1.82) is 0 Å². The summed E-state index contributed by atoms with van der Waals surface area (Å²) >= 11 is 0. The highest BCUT2D eigenvalue weighted by Crippen LogP contribution is 2.13. The molecule has 21 heavy (non-hydrogen) atoms. The summed E-state index contributed by atoms with van der Waals surface area (Å²) in [4.78, 5) is 13.9. The van der Waals surface area contributed by atoms with E-state index in [2.05, 4.69) is 11.8 Å². The van der Waals surface area contributed by atoms with Gasteiger partial charge in [0.25, 0.3) is 5.91 Å². The molecule has 0 fully saturated rings. The lowest BCUT2D eigenvalue weighted by Crippen LogP contribution is -2.36. The van der Waals surface area contributed by atoms with Gasteiger partial charge in [-0.1, -0.05) is 11.8 Å². The van der Waals surface area contributed by atoms with Crippen LogP contribution in [0.15, 0.2) is 18.2 Å². The summed E-state index contributed by atoms with van der Waals surface area (Å²) in [6.45, 7) is 0.797. The van der Waals surface area contributed by atoms with Crippen molar-refractivity contribution in [2.75, 3.05) is 40.0 Å². The molecule has 1 amide bonds. The third kappa shape index (κ3) is 5.16. The Balaban J connectivity index is 3.08. The zero-order valence-electron chi connectivity index (χ0n) is 11.9. The molecule has 0 saturated heterocycles. The van der Waals surface area contributed by atoms with Crippen LogP contribution < -0.4 is 5.73 Å². The lowest BCUT2D eigenvalue weighted by Gasteiger charge is -2.22. The Bertz CT molecular complexity index is 537. The zero-order chi connectivity index (χ0) is 15.7. The number of benzene rings is 1. The average Bonchev–Trinajstić information content (AvgIpc) is 2.48. The lowest BCUT2D eigenvalue weighted by atomic mass is 10.1. The lowest BCUT2D eigenvalue weighted by molar-refractivity contribution is 0.0656. The van der Waals surface area contributed by atoms with Gasteiger partial charge in [0.05, 0.1) is 25.3 Å². The van der Waals surface area contributed by atoms with Gasteiger partial charge in [0, 0.05) is 25.8 Å². The second kappa shape index (κ2) is 9.08. The number of aliphatic hydroxyl groups excluding tert-OH is 1. The second-order valence-corrected chi connectivity index (χ2v) is 4.20. The van der Waals surface area contributed by atoms with Gasteiger partial charge in [0.2, 0.25) is 0 Å². The molecule has 0 aliphatic rings. The van der Waals surface area contributed by atoms with Gasteiger partial charge in [-0.15, -0.1) is 0 Å². The van der Waals surface area contributed by atoms with Crippen LogP contribution in [0.1, 0.15) is 15.9 Å². The van der Waals surface area contributed by atoms with E-state index < -0.39 is 5.82 Å². The van der Waals surface area contributed by atoms with E-state index in [0.717, 1.165) is 0 Å². The Labute approximate surface area is 123 Å². The van der Waals surface area contributed by atoms with E-state index >= 15 is 0 Å². The summed E-state index contributed by atoms with van der Waals surface area (Å²) in [6, 6.07) is 3.78. The van der Waals surface area contributed by atoms with Crippen LogP contribution in [0.4, 0.5) is 4.39 Å². The molecule has 0 unspecified atom stereocenters. The molecule has 0 aliphatic heterocycles. The van der Waals surface area contributed by atoms with Crippen molar-refractivity contribution >= 4 is 5.91 Å². The SMILES string of the molecule is COCCN(CCO)C(=O)c1ccc(F)cc1C#CCN. The number of hydrogen-bond donors (Lipinski definition) is 2. The third-order valence-corrected chi connectivity index (χ3v) is 2.76. The van der Waals surface area contributed by atoms with Crippen molar-refractivity contribution in [2.24, 2.45) is 5.73 Å². The van der Waals surface area contributed by atoms with E-state index in [1.165, 1.54) is 30.2 Å². The third-order valence-electron chi connectivity index (χ3n) is 2.76. The molecule has 0 bridgehead atoms. The van der Waals surface area contributed by atoms with Crippen molar-refractivity contribution in [1.82, 2.24) is 4.90 Å². The largest absolute Gasteiger partial charge is 0.395 e. The van der Waals surface area contributed by atoms with Crippen LogP contribution in [-0.2, 0) is 4.74 Å². The summed E-state index contributed by atoms with van der Waals surface area (Å²) in [5, 5.41) is 9.05. The van der Waals surface area contributed by atoms with Gasteiger partial charge >= 0.3 is 0 Å². The smallest absolute Gasteiger partial charge is 0.255 e. The Morgan fingerprint density at radius 1 is 1.48 bits per heavy atom. The standard InChI is InChI=1S/C15H19FN2O3/c1-21-10-8-18(7-9-19)15(20)14-5-4-13(16)11-12(14)3-2-6-17/h4-5,11,19H,6-10,17H2,1H3. The van der Waals surface area contributed by atoms with Crippen molar-refractivity contribution in [2.45, 2.75) is 0 Å². The minimum absolute atomic E-state index is 0.119. The monoisotopic (exact) mass is 294 g/mol. The van der Waals surface area contributed by atoms with Gasteiger partial charge in [-0.3, -0.25) is 4.79 Å². The summed E-state index contributed by atoms with van der Waals surface area (Å²) in [5.74, 6) is 4.49. The highest BCUT2D eigenvalue weighted by atomic mass is 19.1. The van der Waals surface area contributed by atoms with Crippen LogP contribution in [0.2, 0.25) is 0 Å². The van der Waals surface area contributed by atoms with Gasteiger partial charge in [-0.25, -0.2) is 4.39 Å². The number of carbonyl (C=O) groups excluding carboxylic acids is 1. The summed E-state index contributed by atoms with van der Waals surface area (Å²) in [5.41, 5.74) is 5.86. The predicted octanol–water partition coefficient (Wildman–Crippen LogP) is 0.217. The average molecular weight is 294 g/mol. The number of ether oxygens (including phenoxy) is 1. The first-order chi connectivity index (χ1) is 10.1. The van der Waals surface area contributed by atoms with Crippen molar-refractivity contribution in [3.63, 3.8) is 0 Å². The fourth-order valence-electron chi connectivity index (χ4n) is 1.76. The van der Waals surface area contributed by atoms with E-state index in [1.54, 1.807) is 0 Å². The maximum atomic E-state index is 13.3. The molecule has 1 rings (SSSR count). The van der Waals surface area contributed by atoms with Crippen LogP contribution in [0.3, 0.4) is 0 Å². The van der Waals surface area contributed by atoms with Crippen molar-refractivity contribution in [3.05, 3.63) is 35.1 Å². The van der Waals surface area contributed by atoms with E-state index in [0.29, 0.717) is 13.2 Å². The van der Waals surface area contributed by atoms with Gasteiger partial charge < -0.3 is 20.5 Å². The highest BCUT2D eigenvalue weighted by molar-refractivity contribution is 5.96. The van der Waals surface area contributed by atoms with E-state index in [1.807, 2.05) is 0 Å². The molecule has 0 radical (unpaired) electrons. The van der Waals surface area contributed by atoms with E-state index in [4.69, 9.17) is 15.6 Å². The summed E-state index contributed by atoms with van der Waals surface area (Å²) in [7, 11) is 1.53. The van der Waals surface area contributed by atoms with Gasteiger partial charge in [0.1, 0.15) is 5.82 Å². The number of rotatable bonds is 6. The Morgan fingerprint density at radius 3 is 2.86 bits per heavy atom. The first-order valence-electron chi connectivity index (χ1n) is 6.51. The molecule has 3 N–H and O–H groups in total. The molecule has 6 heteroatoms. The van der Waals surface area contributed by atoms with Gasteiger partial charge in [-0.05, 0) is 18.2 Å². The number of carbonyl (C=O) groups is 1. The fourth-order valence-corrected chi connectivity index (χ4v) is 1.76. The predicted molar refractivity (Wildman–Crippen MR) is 77.2 cm³/mol. The Kier molecular flexibility index (Phi) is 7.40. The fraction of sp³-hybridized carbons (Fsp3) is 0.400. The number of nitrogens with two attached hydrogens (primary N) is 1.